The van der Waals surface area contributed by atoms with Gasteiger partial charge in [-0.05, 0) is 43.6 Å². The van der Waals surface area contributed by atoms with Gasteiger partial charge in [-0.1, -0.05) is 19.9 Å². The van der Waals surface area contributed by atoms with E-state index >= 15 is 0 Å². The molecule has 0 aromatic heterocycles. The normalized spacial score (nSPS) is 14.9. The van der Waals surface area contributed by atoms with E-state index in [2.05, 4.69) is 35.8 Å². The molecule has 0 saturated heterocycles. The molecule has 100 valence electrons. The fourth-order valence-corrected chi connectivity index (χ4v) is 2.70. The average molecular weight is 247 g/mol. The molecule has 0 saturated carbocycles. The number of anilines is 2. The molecular formula is C15H25N3. The molecule has 1 heterocycles. The van der Waals surface area contributed by atoms with E-state index in [1.807, 2.05) is 6.07 Å². The van der Waals surface area contributed by atoms with Gasteiger partial charge in [0.1, 0.15) is 0 Å². The van der Waals surface area contributed by atoms with E-state index in [4.69, 9.17) is 5.73 Å². The van der Waals surface area contributed by atoms with Gasteiger partial charge in [0.05, 0.1) is 0 Å². The smallest absolute Gasteiger partial charge is 0.0419 e. The fraction of sp³-hybridized carbons (Fsp3) is 0.600. The Kier molecular flexibility index (Phi) is 4.48. The van der Waals surface area contributed by atoms with Gasteiger partial charge in [-0.15, -0.1) is 0 Å². The number of fused-ring (bicyclic) bond motifs is 1. The second kappa shape index (κ2) is 6.10. The van der Waals surface area contributed by atoms with E-state index in [1.54, 1.807) is 0 Å². The molecule has 0 fully saturated rings. The van der Waals surface area contributed by atoms with Gasteiger partial charge >= 0.3 is 0 Å². The Morgan fingerprint density at radius 1 is 1.28 bits per heavy atom. The van der Waals surface area contributed by atoms with Gasteiger partial charge in [-0.2, -0.15) is 0 Å². The van der Waals surface area contributed by atoms with Gasteiger partial charge < -0.3 is 15.5 Å². The summed E-state index contributed by atoms with van der Waals surface area (Å²) in [6, 6.07) is 6.34. The molecule has 2 rings (SSSR count). The highest BCUT2D eigenvalue weighted by Gasteiger charge is 2.17. The van der Waals surface area contributed by atoms with Crippen LogP contribution in [0.15, 0.2) is 18.2 Å². The summed E-state index contributed by atoms with van der Waals surface area (Å²) in [5, 5.41) is 0. The van der Waals surface area contributed by atoms with Gasteiger partial charge in [0.25, 0.3) is 0 Å². The van der Waals surface area contributed by atoms with Crippen molar-refractivity contribution >= 4 is 11.4 Å². The number of nitrogen functional groups attached to an aromatic ring is 1. The molecule has 1 aromatic rings. The summed E-state index contributed by atoms with van der Waals surface area (Å²) in [7, 11) is 0. The largest absolute Gasteiger partial charge is 0.399 e. The molecular weight excluding hydrogens is 222 g/mol. The first-order chi connectivity index (χ1) is 8.74. The van der Waals surface area contributed by atoms with Gasteiger partial charge in [0, 0.05) is 31.0 Å². The molecule has 1 aromatic carbocycles. The van der Waals surface area contributed by atoms with Crippen LogP contribution in [-0.4, -0.2) is 37.6 Å². The van der Waals surface area contributed by atoms with Crippen LogP contribution in [-0.2, 0) is 6.42 Å². The Morgan fingerprint density at radius 3 is 2.78 bits per heavy atom. The SMILES string of the molecule is CCN(CC)CCN1CCCc2ccc(N)cc21. The van der Waals surface area contributed by atoms with Gasteiger partial charge in [-0.25, -0.2) is 0 Å². The van der Waals surface area contributed by atoms with Crippen LogP contribution in [0.4, 0.5) is 11.4 Å². The van der Waals surface area contributed by atoms with Crippen LogP contribution in [0.25, 0.3) is 0 Å². The number of hydrogen-bond donors (Lipinski definition) is 1. The minimum Gasteiger partial charge on any atom is -0.399 e. The van der Waals surface area contributed by atoms with Crippen LogP contribution < -0.4 is 10.6 Å². The molecule has 18 heavy (non-hydrogen) atoms. The molecule has 0 bridgehead atoms. The second-order valence-corrected chi connectivity index (χ2v) is 5.01. The summed E-state index contributed by atoms with van der Waals surface area (Å²) in [5.41, 5.74) is 9.60. The predicted octanol–water partition coefficient (Wildman–Crippen LogP) is 2.36. The minimum absolute atomic E-state index is 0.878. The molecule has 0 aliphatic carbocycles. The molecule has 0 radical (unpaired) electrons. The van der Waals surface area contributed by atoms with Crippen LogP contribution in [0.5, 0.6) is 0 Å². The van der Waals surface area contributed by atoms with E-state index in [0.29, 0.717) is 0 Å². The number of nitrogens with zero attached hydrogens (tertiary/aromatic N) is 2. The molecule has 3 heteroatoms. The lowest BCUT2D eigenvalue weighted by molar-refractivity contribution is 0.308. The molecule has 1 aliphatic rings. The Morgan fingerprint density at radius 2 is 2.06 bits per heavy atom. The van der Waals surface area contributed by atoms with Crippen molar-refractivity contribution in [1.82, 2.24) is 4.90 Å². The van der Waals surface area contributed by atoms with E-state index in [-0.39, 0.29) is 0 Å². The highest BCUT2D eigenvalue weighted by atomic mass is 15.2. The number of benzene rings is 1. The van der Waals surface area contributed by atoms with Crippen molar-refractivity contribution < 1.29 is 0 Å². The third kappa shape index (κ3) is 2.96. The van der Waals surface area contributed by atoms with Crippen molar-refractivity contribution in [2.24, 2.45) is 0 Å². The lowest BCUT2D eigenvalue weighted by atomic mass is 10.0. The zero-order valence-electron chi connectivity index (χ0n) is 11.7. The lowest BCUT2D eigenvalue weighted by Crippen LogP contribution is -2.37. The number of nitrogens with two attached hydrogens (primary N) is 1. The minimum atomic E-state index is 0.878. The van der Waals surface area contributed by atoms with Gasteiger partial charge in [0.15, 0.2) is 0 Å². The van der Waals surface area contributed by atoms with E-state index < -0.39 is 0 Å². The molecule has 0 atom stereocenters. The number of aryl methyl sites for hydroxylation is 1. The summed E-state index contributed by atoms with van der Waals surface area (Å²) >= 11 is 0. The van der Waals surface area contributed by atoms with Crippen LogP contribution in [0.3, 0.4) is 0 Å². The van der Waals surface area contributed by atoms with Crippen molar-refractivity contribution in [3.05, 3.63) is 23.8 Å². The number of rotatable bonds is 5. The monoisotopic (exact) mass is 247 g/mol. The summed E-state index contributed by atoms with van der Waals surface area (Å²) in [5.74, 6) is 0. The third-order valence-corrected chi connectivity index (χ3v) is 3.90. The summed E-state index contributed by atoms with van der Waals surface area (Å²) in [6.45, 7) is 10.1. The maximum Gasteiger partial charge on any atom is 0.0419 e. The third-order valence-electron chi connectivity index (χ3n) is 3.90. The number of hydrogen-bond acceptors (Lipinski definition) is 3. The highest BCUT2D eigenvalue weighted by Crippen LogP contribution is 2.28. The van der Waals surface area contributed by atoms with Crippen LogP contribution in [0, 0.1) is 0 Å². The maximum atomic E-state index is 5.92. The van der Waals surface area contributed by atoms with E-state index in [0.717, 1.165) is 38.4 Å². The molecule has 1 aliphatic heterocycles. The summed E-state index contributed by atoms with van der Waals surface area (Å²) in [4.78, 5) is 4.97. The summed E-state index contributed by atoms with van der Waals surface area (Å²) < 4.78 is 0. The van der Waals surface area contributed by atoms with E-state index in [9.17, 15) is 0 Å². The van der Waals surface area contributed by atoms with Crippen LogP contribution in [0.1, 0.15) is 25.8 Å². The molecule has 0 unspecified atom stereocenters. The van der Waals surface area contributed by atoms with E-state index in [1.165, 1.54) is 24.1 Å². The molecule has 3 nitrogen and oxygen atoms in total. The van der Waals surface area contributed by atoms with Crippen LogP contribution >= 0.6 is 0 Å². The maximum absolute atomic E-state index is 5.92. The van der Waals surface area contributed by atoms with Crippen molar-refractivity contribution in [2.45, 2.75) is 26.7 Å². The zero-order chi connectivity index (χ0) is 13.0. The average Bonchev–Trinajstić information content (AvgIpc) is 2.40. The predicted molar refractivity (Wildman–Crippen MR) is 79.2 cm³/mol. The zero-order valence-corrected chi connectivity index (χ0v) is 11.7. The van der Waals surface area contributed by atoms with Crippen molar-refractivity contribution in [1.29, 1.82) is 0 Å². The summed E-state index contributed by atoms with van der Waals surface area (Å²) in [6.07, 6.45) is 2.45. The Bertz CT molecular complexity index is 385. The highest BCUT2D eigenvalue weighted by molar-refractivity contribution is 5.62. The molecule has 0 amide bonds. The first-order valence-corrected chi connectivity index (χ1v) is 7.10. The molecule has 0 spiro atoms. The lowest BCUT2D eigenvalue weighted by Gasteiger charge is -2.33. The Labute approximate surface area is 111 Å². The Balaban J connectivity index is 2.05. The quantitative estimate of drug-likeness (QED) is 0.811. The van der Waals surface area contributed by atoms with Crippen molar-refractivity contribution in [2.75, 3.05) is 43.4 Å². The first-order valence-electron chi connectivity index (χ1n) is 7.10. The number of likely N-dealkylation sites (N-methyl/N-ethyl adjacent to an activating group) is 1. The van der Waals surface area contributed by atoms with Crippen LogP contribution in [0.2, 0.25) is 0 Å². The topological polar surface area (TPSA) is 32.5 Å². The van der Waals surface area contributed by atoms with Crippen molar-refractivity contribution in [3.63, 3.8) is 0 Å². The van der Waals surface area contributed by atoms with Gasteiger partial charge in [0.2, 0.25) is 0 Å². The van der Waals surface area contributed by atoms with Crippen molar-refractivity contribution in [3.8, 4) is 0 Å². The van der Waals surface area contributed by atoms with Gasteiger partial charge in [-0.3, -0.25) is 0 Å². The Hall–Kier alpha value is -1.22. The first kappa shape index (κ1) is 13.2. The second-order valence-electron chi connectivity index (χ2n) is 5.01. The standard InChI is InChI=1S/C15H25N3/c1-3-17(4-2)10-11-18-9-5-6-13-7-8-14(16)12-15(13)18/h7-8,12H,3-6,9-11,16H2,1-2H3. The fourth-order valence-electron chi connectivity index (χ4n) is 2.70. The molecule has 2 N–H and O–H groups in total.